The zero-order chi connectivity index (χ0) is 12.1. The molecule has 0 saturated heterocycles. The van der Waals surface area contributed by atoms with E-state index >= 15 is 0 Å². The molecule has 15 heavy (non-hydrogen) atoms. The Labute approximate surface area is 91.0 Å². The largest absolute Gasteiger partial charge is 0.503 e. The van der Waals surface area contributed by atoms with E-state index in [-0.39, 0.29) is 6.04 Å². The molecule has 0 saturated carbocycles. The van der Waals surface area contributed by atoms with E-state index < -0.39 is 20.7 Å². The zero-order valence-electron chi connectivity index (χ0n) is 9.57. The van der Waals surface area contributed by atoms with Crippen molar-refractivity contribution in [1.29, 1.82) is 0 Å². The molecule has 0 aromatic carbocycles. The highest BCUT2D eigenvalue weighted by atomic mass is 28.4. The molecule has 0 fully saturated rings. The molecule has 0 bridgehead atoms. The lowest BCUT2D eigenvalue weighted by molar-refractivity contribution is -0.122. The first kappa shape index (κ1) is 14.5. The third-order valence-corrected chi connectivity index (χ3v) is 4.85. The van der Waals surface area contributed by atoms with Gasteiger partial charge in [-0.05, 0) is 12.5 Å². The first-order valence-corrected chi connectivity index (χ1v) is 6.39. The molecule has 0 rings (SSSR count). The Morgan fingerprint density at radius 1 is 1.33 bits per heavy atom. The van der Waals surface area contributed by atoms with E-state index in [9.17, 15) is 9.90 Å². The van der Waals surface area contributed by atoms with Crippen LogP contribution in [0.5, 0.6) is 0 Å². The van der Waals surface area contributed by atoms with Crippen LogP contribution in [0, 0.1) is 0 Å². The van der Waals surface area contributed by atoms with Gasteiger partial charge in [-0.2, -0.15) is 0 Å². The van der Waals surface area contributed by atoms with Crippen LogP contribution in [-0.2, 0) is 18.1 Å². The molecule has 0 aliphatic rings. The number of carbonyl (C=O) groups is 1. The standard InChI is InChI=1S/C9H18O5Si/c1-7(2)9(11)8(10)6-15(12-3,13-4)14-5/h8,10H,1,6H2,2-5H3. The van der Waals surface area contributed by atoms with Crippen LogP contribution >= 0.6 is 0 Å². The normalized spacial score (nSPS) is 13.7. The van der Waals surface area contributed by atoms with Crippen LogP contribution in [0.2, 0.25) is 6.04 Å². The monoisotopic (exact) mass is 234 g/mol. The lowest BCUT2D eigenvalue weighted by Gasteiger charge is -2.26. The Morgan fingerprint density at radius 3 is 2.00 bits per heavy atom. The van der Waals surface area contributed by atoms with Crippen LogP contribution in [0.3, 0.4) is 0 Å². The second-order valence-electron chi connectivity index (χ2n) is 3.16. The topological polar surface area (TPSA) is 65.0 Å². The molecule has 1 N–H and O–H groups in total. The van der Waals surface area contributed by atoms with Crippen LogP contribution < -0.4 is 0 Å². The fraction of sp³-hybridized carbons (Fsp3) is 0.667. The number of aliphatic hydroxyl groups excluding tert-OH is 1. The van der Waals surface area contributed by atoms with E-state index in [0.717, 1.165) is 0 Å². The number of hydrogen-bond acceptors (Lipinski definition) is 5. The Bertz CT molecular complexity index is 228. The molecule has 0 radical (unpaired) electrons. The third-order valence-electron chi connectivity index (χ3n) is 2.10. The summed E-state index contributed by atoms with van der Waals surface area (Å²) in [7, 11) is 1.38. The summed E-state index contributed by atoms with van der Waals surface area (Å²) in [5.74, 6) is -0.418. The second kappa shape index (κ2) is 6.14. The summed E-state index contributed by atoms with van der Waals surface area (Å²) in [6, 6.07) is 0.0300. The highest BCUT2D eigenvalue weighted by Gasteiger charge is 2.42. The quantitative estimate of drug-likeness (QED) is 0.509. The first-order valence-electron chi connectivity index (χ1n) is 4.45. The molecule has 0 aromatic heterocycles. The molecule has 0 aliphatic heterocycles. The van der Waals surface area contributed by atoms with Crippen LogP contribution in [0.15, 0.2) is 12.2 Å². The van der Waals surface area contributed by atoms with E-state index in [4.69, 9.17) is 13.3 Å². The van der Waals surface area contributed by atoms with Crippen LogP contribution in [0.1, 0.15) is 6.92 Å². The van der Waals surface area contributed by atoms with Crippen LogP contribution in [0.4, 0.5) is 0 Å². The number of hydrogen-bond donors (Lipinski definition) is 1. The van der Waals surface area contributed by atoms with E-state index in [1.165, 1.54) is 21.3 Å². The van der Waals surface area contributed by atoms with Crippen molar-refractivity contribution in [2.24, 2.45) is 0 Å². The van der Waals surface area contributed by atoms with E-state index in [1.807, 2.05) is 0 Å². The van der Waals surface area contributed by atoms with E-state index in [1.54, 1.807) is 6.92 Å². The van der Waals surface area contributed by atoms with Crippen molar-refractivity contribution >= 4 is 14.6 Å². The van der Waals surface area contributed by atoms with Crippen molar-refractivity contribution in [2.45, 2.75) is 19.1 Å². The van der Waals surface area contributed by atoms with Crippen LogP contribution in [-0.4, -0.2) is 47.1 Å². The molecule has 0 heterocycles. The minimum atomic E-state index is -2.90. The van der Waals surface area contributed by atoms with Gasteiger partial charge in [-0.3, -0.25) is 4.79 Å². The maximum Gasteiger partial charge on any atom is 0.503 e. The fourth-order valence-corrected chi connectivity index (χ4v) is 2.77. The van der Waals surface area contributed by atoms with Gasteiger partial charge in [-0.1, -0.05) is 6.58 Å². The molecule has 0 amide bonds. The highest BCUT2D eigenvalue weighted by molar-refractivity contribution is 6.61. The maximum atomic E-state index is 11.4. The summed E-state index contributed by atoms with van der Waals surface area (Å²) in [4.78, 5) is 11.4. The smallest absolute Gasteiger partial charge is 0.385 e. The maximum absolute atomic E-state index is 11.4. The first-order chi connectivity index (χ1) is 6.92. The van der Waals surface area contributed by atoms with Crippen molar-refractivity contribution in [3.8, 4) is 0 Å². The average molecular weight is 234 g/mol. The Kier molecular flexibility index (Phi) is 5.92. The molecule has 0 spiro atoms. The Hall–Kier alpha value is -0.533. The highest BCUT2D eigenvalue weighted by Crippen LogP contribution is 2.17. The number of rotatable bonds is 7. The van der Waals surface area contributed by atoms with Crippen molar-refractivity contribution < 1.29 is 23.2 Å². The molecule has 1 atom stereocenters. The Balaban J connectivity index is 4.54. The molecular formula is C9H18O5Si. The van der Waals surface area contributed by atoms with Gasteiger partial charge in [0.25, 0.3) is 0 Å². The summed E-state index contributed by atoms with van der Waals surface area (Å²) < 4.78 is 15.3. The van der Waals surface area contributed by atoms with Crippen molar-refractivity contribution in [1.82, 2.24) is 0 Å². The third kappa shape index (κ3) is 3.84. The molecule has 6 heteroatoms. The zero-order valence-corrected chi connectivity index (χ0v) is 10.6. The molecule has 0 aromatic rings. The minimum Gasteiger partial charge on any atom is -0.385 e. The molecule has 1 unspecified atom stereocenters. The number of aliphatic hydroxyl groups is 1. The van der Waals surface area contributed by atoms with Gasteiger partial charge in [0.2, 0.25) is 0 Å². The summed E-state index contributed by atoms with van der Waals surface area (Å²) in [5.41, 5.74) is 0.300. The fourth-order valence-electron chi connectivity index (χ4n) is 1.11. The average Bonchev–Trinajstić information content (AvgIpc) is 2.24. The van der Waals surface area contributed by atoms with E-state index in [2.05, 4.69) is 6.58 Å². The molecule has 88 valence electrons. The molecular weight excluding hydrogens is 216 g/mol. The van der Waals surface area contributed by atoms with Gasteiger partial charge in [-0.25, -0.2) is 0 Å². The number of carbonyl (C=O) groups excluding carboxylic acids is 1. The Morgan fingerprint density at radius 2 is 1.73 bits per heavy atom. The SMILES string of the molecule is C=C(C)C(=O)C(O)C[Si](OC)(OC)OC. The van der Waals surface area contributed by atoms with Crippen molar-refractivity contribution in [3.63, 3.8) is 0 Å². The summed E-state index contributed by atoms with van der Waals surface area (Å²) in [6.07, 6.45) is -1.19. The van der Waals surface area contributed by atoms with Gasteiger partial charge >= 0.3 is 8.80 Å². The molecule has 0 aliphatic carbocycles. The summed E-state index contributed by atoms with van der Waals surface area (Å²) >= 11 is 0. The predicted octanol–water partition coefficient (Wildman–Crippen LogP) is 0.371. The van der Waals surface area contributed by atoms with E-state index in [0.29, 0.717) is 5.57 Å². The summed E-state index contributed by atoms with van der Waals surface area (Å²) in [5, 5.41) is 9.60. The van der Waals surface area contributed by atoms with Gasteiger partial charge in [0.1, 0.15) is 6.10 Å². The van der Waals surface area contributed by atoms with Gasteiger partial charge in [0.05, 0.1) is 6.04 Å². The van der Waals surface area contributed by atoms with Gasteiger partial charge < -0.3 is 18.4 Å². The summed E-state index contributed by atoms with van der Waals surface area (Å²) in [6.45, 7) is 5.01. The lowest BCUT2D eigenvalue weighted by atomic mass is 10.1. The number of ketones is 1. The van der Waals surface area contributed by atoms with Crippen molar-refractivity contribution in [3.05, 3.63) is 12.2 Å². The van der Waals surface area contributed by atoms with Gasteiger partial charge in [-0.15, -0.1) is 0 Å². The van der Waals surface area contributed by atoms with Gasteiger partial charge in [0.15, 0.2) is 5.78 Å². The lowest BCUT2D eigenvalue weighted by Crippen LogP contribution is -2.47. The van der Waals surface area contributed by atoms with Crippen LogP contribution in [0.25, 0.3) is 0 Å². The second-order valence-corrected chi connectivity index (χ2v) is 6.16. The van der Waals surface area contributed by atoms with Gasteiger partial charge in [0, 0.05) is 21.3 Å². The predicted molar refractivity (Wildman–Crippen MR) is 57.4 cm³/mol. The van der Waals surface area contributed by atoms with Crippen molar-refractivity contribution in [2.75, 3.05) is 21.3 Å². The number of Topliss-reactive ketones (excluding diaryl/α,β-unsaturated/α-hetero) is 1. The minimum absolute atomic E-state index is 0.0300. The molecule has 5 nitrogen and oxygen atoms in total.